The van der Waals surface area contributed by atoms with Gasteiger partial charge in [-0.1, -0.05) is 179 Å². The van der Waals surface area contributed by atoms with Gasteiger partial charge in [0.05, 0.1) is 63.7 Å². The van der Waals surface area contributed by atoms with Gasteiger partial charge in [-0.3, -0.25) is 19.6 Å². The molecule has 2 N–H and O–H groups in total. The Morgan fingerprint density at radius 3 is 1.30 bits per heavy atom. The molecule has 0 radical (unpaired) electrons. The first-order valence-corrected chi connectivity index (χ1v) is 31.6. The average molecular weight is 1250 g/mol. The molecule has 4 heterocycles. The molecule has 2 aliphatic carbocycles. The Kier molecular flexibility index (Phi) is 22.4. The van der Waals surface area contributed by atoms with E-state index in [1.54, 1.807) is 12.2 Å². The Morgan fingerprint density at radius 1 is 0.591 bits per heavy atom. The molecule has 449 valence electrons. The second-order valence-electron chi connectivity index (χ2n) is 22.9. The Balaban J connectivity index is 0.000000222. The standard InChI is InChI=1S/2C35H35N3O4S.O.V/c1-20-16-21(2)33(22(3)17-20)42-35(41)29-23(4)37-26(30(29)24-12-8-6-9-13-24)18-27-31(25-14-10-7-11-15-25)32(36-5)34(38-27)43-19-28(39)40;1-20-15-21(2)33(22(3)16-20)42-35(41)30-23(4)37-28(32(30)25-13-9-6-10-14-25)17-27-31(24-11-7-5-8-12-24)26(18-36)34(38-27)43-19-29(39)40;;/h6-15,18,20-22,33H,16-17,19H2,1-4H3,(H2,37,38,39,40,41);5-14,17,20-22,33,36H,15-16,19H2,1-4H3,(H,39,40);;/q;;;+2/p-2. The number of nitriles is 1. The van der Waals surface area contributed by atoms with Gasteiger partial charge in [-0.15, -0.1) is 23.1 Å². The number of esters is 2. The molecule has 4 aromatic carbocycles. The van der Waals surface area contributed by atoms with Crippen LogP contribution in [0.3, 0.4) is 0 Å². The van der Waals surface area contributed by atoms with Gasteiger partial charge in [0.1, 0.15) is 12.2 Å². The summed E-state index contributed by atoms with van der Waals surface area (Å²) in [6.07, 6.45) is 7.28. The van der Waals surface area contributed by atoms with Gasteiger partial charge in [0, 0.05) is 11.1 Å². The van der Waals surface area contributed by atoms with Crippen molar-refractivity contribution in [1.29, 1.82) is 5.26 Å². The predicted molar refractivity (Wildman–Crippen MR) is 341 cm³/mol. The molecule has 6 aromatic rings. The van der Waals surface area contributed by atoms with Gasteiger partial charge in [0.25, 0.3) is 0 Å². The zero-order valence-electron chi connectivity index (χ0n) is 50.3. The summed E-state index contributed by atoms with van der Waals surface area (Å²) in [7, 11) is 0. The van der Waals surface area contributed by atoms with E-state index < -0.39 is 17.9 Å². The van der Waals surface area contributed by atoms with Gasteiger partial charge < -0.3 is 29.7 Å². The molecule has 0 bridgehead atoms. The molecular weight excluding hydrogens is 1180 g/mol. The summed E-state index contributed by atoms with van der Waals surface area (Å²) >= 11 is 3.08. The van der Waals surface area contributed by atoms with Gasteiger partial charge in [-0.25, -0.2) is 14.4 Å². The number of aliphatic imine (C=N–C) groups is 2. The van der Waals surface area contributed by atoms with E-state index >= 15 is 0 Å². The van der Waals surface area contributed by atoms with E-state index in [1.807, 2.05) is 135 Å². The SMILES string of the molecule is CC1=NC(=Cc2[n-]c(SCC(=O)O)c(C#N)c2-c2ccccc2)C(c2ccccc2)=C1C(=O)OC1C(C)CC(C)CC1C.[C-]#[N+]c1c(SCC(=O)O)[n-]c(C=C2N=C(C)C(C(=O)OC3C(C)CC(C)CC3C)=C2c2ccccc2)c1-c1ccccc1.[O]=[V+2]. The van der Waals surface area contributed by atoms with Gasteiger partial charge in [-0.2, -0.15) is 17.0 Å². The number of carbonyl (C=O) groups is 4. The van der Waals surface area contributed by atoms with Crippen LogP contribution in [0, 0.1) is 53.4 Å². The number of hydrogen-bond acceptors (Lipinski definition) is 12. The quantitative estimate of drug-likeness (QED) is 0.0522. The van der Waals surface area contributed by atoms with E-state index in [-0.39, 0.29) is 53.4 Å². The number of hydrogen-bond donors (Lipinski definition) is 2. The summed E-state index contributed by atoms with van der Waals surface area (Å²) in [5, 5.41) is 29.4. The number of nitrogens with zero attached hydrogens (tertiary/aromatic N) is 6. The molecule has 2 saturated carbocycles. The van der Waals surface area contributed by atoms with Crippen LogP contribution in [0.5, 0.6) is 0 Å². The molecule has 4 aliphatic rings. The van der Waals surface area contributed by atoms with Crippen molar-refractivity contribution in [2.75, 3.05) is 11.5 Å². The number of thioether (sulfide) groups is 2. The number of allylic oxidation sites excluding steroid dienone is 2. The van der Waals surface area contributed by atoms with Crippen LogP contribution in [0.2, 0.25) is 0 Å². The van der Waals surface area contributed by atoms with Crippen LogP contribution in [0.1, 0.15) is 109 Å². The maximum atomic E-state index is 13.9. The van der Waals surface area contributed by atoms with Crippen LogP contribution in [0.15, 0.2) is 164 Å². The number of carbonyl (C=O) groups excluding carboxylic acids is 2. The number of aliphatic carboxylic acids is 2. The molecule has 18 heteroatoms. The Morgan fingerprint density at radius 2 is 0.932 bits per heavy atom. The molecule has 10 rings (SSSR count). The average Bonchev–Trinajstić information content (AvgIpc) is 4.13. The molecule has 4 atom stereocenters. The molecule has 0 saturated heterocycles. The molecule has 0 spiro atoms. The number of benzene rings is 4. The van der Waals surface area contributed by atoms with E-state index in [1.165, 1.54) is 0 Å². The predicted octanol–water partition coefficient (Wildman–Crippen LogP) is 15.0. The summed E-state index contributed by atoms with van der Waals surface area (Å²) in [5.41, 5.74) is 10.3. The fourth-order valence-electron chi connectivity index (χ4n) is 12.8. The summed E-state index contributed by atoms with van der Waals surface area (Å²) in [5.74, 6) is -1.00. The van der Waals surface area contributed by atoms with Crippen molar-refractivity contribution in [2.45, 2.75) is 103 Å². The van der Waals surface area contributed by atoms with Crippen molar-refractivity contribution < 1.29 is 59.9 Å². The molecule has 2 aromatic heterocycles. The van der Waals surface area contributed by atoms with Crippen molar-refractivity contribution in [3.8, 4) is 28.3 Å². The van der Waals surface area contributed by atoms with Crippen molar-refractivity contribution in [3.63, 3.8) is 0 Å². The van der Waals surface area contributed by atoms with E-state index in [0.29, 0.717) is 101 Å². The van der Waals surface area contributed by atoms with Gasteiger partial charge >= 0.3 is 44.9 Å². The zero-order valence-corrected chi connectivity index (χ0v) is 53.3. The third kappa shape index (κ3) is 15.1. The van der Waals surface area contributed by atoms with Gasteiger partial charge in [0.15, 0.2) is 5.69 Å². The fourth-order valence-corrected chi connectivity index (χ4v) is 14.2. The minimum atomic E-state index is -0.998. The van der Waals surface area contributed by atoms with Crippen LogP contribution in [0.4, 0.5) is 5.69 Å². The number of aromatic nitrogens is 2. The van der Waals surface area contributed by atoms with Crippen LogP contribution >= 0.6 is 23.5 Å². The second-order valence-corrected chi connectivity index (χ2v) is 24.8. The first-order valence-electron chi connectivity index (χ1n) is 29.1. The molecule has 88 heavy (non-hydrogen) atoms. The summed E-state index contributed by atoms with van der Waals surface area (Å²) in [6.45, 7) is 24.6. The van der Waals surface area contributed by atoms with E-state index in [4.69, 9.17) is 39.7 Å². The minimum absolute atomic E-state index is 0.175. The van der Waals surface area contributed by atoms with E-state index in [9.17, 15) is 34.7 Å². The molecule has 0 amide bonds. The zero-order chi connectivity index (χ0) is 63.3. The molecule has 15 nitrogen and oxygen atoms in total. The molecular formula is C70H68N6O9S2V. The number of ether oxygens (including phenoxy) is 2. The van der Waals surface area contributed by atoms with Crippen molar-refractivity contribution in [3.05, 3.63) is 183 Å². The first kappa shape index (κ1) is 65.7. The first-order chi connectivity index (χ1) is 42.3. The number of carboxylic acid groups (broad SMARTS) is 2. The van der Waals surface area contributed by atoms with Crippen molar-refractivity contribution >= 4 is 87.8 Å². The summed E-state index contributed by atoms with van der Waals surface area (Å²) in [4.78, 5) is 73.4. The summed E-state index contributed by atoms with van der Waals surface area (Å²) in [6, 6.07) is 40.3. The van der Waals surface area contributed by atoms with Crippen molar-refractivity contribution in [1.82, 2.24) is 9.97 Å². The third-order valence-corrected chi connectivity index (χ3v) is 18.0. The van der Waals surface area contributed by atoms with E-state index in [0.717, 1.165) is 88.8 Å². The second kappa shape index (κ2) is 30.1. The Hall–Kier alpha value is -8.32. The van der Waals surface area contributed by atoms with Gasteiger partial charge in [-0.05, 0) is 114 Å². The number of rotatable bonds is 16. The third-order valence-electron chi connectivity index (χ3n) is 16.1. The monoisotopic (exact) mass is 1250 g/mol. The number of carboxylic acids is 2. The fraction of sp³-hybridized carbons (Fsp3) is 0.314. The summed E-state index contributed by atoms with van der Waals surface area (Å²) < 4.78 is 20.7. The topological polar surface area (TPSA) is 225 Å². The maximum absolute atomic E-state index is 13.9. The molecule has 2 fully saturated rings. The van der Waals surface area contributed by atoms with E-state index in [2.05, 4.69) is 52.5 Å². The van der Waals surface area contributed by atoms with Crippen LogP contribution in [-0.4, -0.2) is 69.2 Å². The Bertz CT molecular complexity index is 3580. The van der Waals surface area contributed by atoms with Gasteiger partial charge in [0.2, 0.25) is 0 Å². The molecule has 4 unspecified atom stereocenters. The molecule has 2 aliphatic heterocycles. The van der Waals surface area contributed by atoms with Crippen LogP contribution in [-0.2, 0) is 49.7 Å². The van der Waals surface area contributed by atoms with Crippen LogP contribution in [0.25, 0.3) is 50.4 Å². The van der Waals surface area contributed by atoms with Crippen molar-refractivity contribution in [2.24, 2.45) is 45.5 Å². The normalized spacial score (nSPS) is 22.3. The Labute approximate surface area is 531 Å². The van der Waals surface area contributed by atoms with Crippen LogP contribution < -0.4 is 9.97 Å².